The molecule has 8 nitrogen and oxygen atoms in total. The van der Waals surface area contributed by atoms with Crippen molar-refractivity contribution in [1.29, 1.82) is 0 Å². The van der Waals surface area contributed by atoms with Gasteiger partial charge in [0.2, 0.25) is 11.7 Å². The summed E-state index contributed by atoms with van der Waals surface area (Å²) in [5.74, 6) is 6.63. The maximum atomic E-state index is 14.5. The number of nitrogens with zero attached hydrogens (tertiary/aromatic N) is 4. The molecule has 9 heteroatoms. The fourth-order valence-corrected chi connectivity index (χ4v) is 4.64. The maximum Gasteiger partial charge on any atom is 0.298 e. The van der Waals surface area contributed by atoms with Gasteiger partial charge in [0, 0.05) is 24.6 Å². The lowest BCUT2D eigenvalue weighted by Gasteiger charge is -2.14. The summed E-state index contributed by atoms with van der Waals surface area (Å²) >= 11 is 0. The predicted molar refractivity (Wildman–Crippen MR) is 140 cm³/mol. The van der Waals surface area contributed by atoms with Gasteiger partial charge in [0.05, 0.1) is 37.3 Å². The van der Waals surface area contributed by atoms with Crippen molar-refractivity contribution < 1.29 is 23.4 Å². The highest BCUT2D eigenvalue weighted by molar-refractivity contribution is 5.93. The normalized spacial score (nSPS) is 14.7. The highest BCUT2D eigenvalue weighted by atomic mass is 19.1. The lowest BCUT2D eigenvalue weighted by molar-refractivity contribution is -0.124. The Balaban J connectivity index is 1.49. The maximum absolute atomic E-state index is 14.5. The van der Waals surface area contributed by atoms with Crippen LogP contribution in [-0.4, -0.2) is 52.0 Å². The molecule has 4 aromatic rings. The van der Waals surface area contributed by atoms with Crippen LogP contribution in [0.4, 0.5) is 4.39 Å². The quantitative estimate of drug-likeness (QED) is 0.320. The van der Waals surface area contributed by atoms with Crippen LogP contribution in [0.3, 0.4) is 0 Å². The third-order valence-corrected chi connectivity index (χ3v) is 6.41. The van der Waals surface area contributed by atoms with Gasteiger partial charge in [-0.15, -0.1) is 0 Å². The van der Waals surface area contributed by atoms with E-state index in [1.807, 2.05) is 23.5 Å². The van der Waals surface area contributed by atoms with E-state index >= 15 is 0 Å². The second-order valence-electron chi connectivity index (χ2n) is 8.73. The summed E-state index contributed by atoms with van der Waals surface area (Å²) in [4.78, 5) is 23.5. The molecule has 2 aromatic carbocycles. The van der Waals surface area contributed by atoms with Crippen LogP contribution >= 0.6 is 0 Å². The highest BCUT2D eigenvalue weighted by Crippen LogP contribution is 2.36. The SMILES string of the molecule is CC#CC(=O)N1CCC(c2nc(-c3ccc(Oc4cccc(OC)c4F)cc3)c3cncc(OCC)n23)C1. The molecule has 1 aliphatic rings. The van der Waals surface area contributed by atoms with Crippen molar-refractivity contribution in [2.24, 2.45) is 0 Å². The van der Waals surface area contributed by atoms with Crippen LogP contribution in [0.15, 0.2) is 54.9 Å². The largest absolute Gasteiger partial charge is 0.494 e. The molecule has 1 amide bonds. The van der Waals surface area contributed by atoms with Crippen LogP contribution in [0.5, 0.6) is 23.1 Å². The first-order valence-corrected chi connectivity index (χ1v) is 12.4. The van der Waals surface area contributed by atoms with Crippen molar-refractivity contribution in [3.8, 4) is 46.2 Å². The summed E-state index contributed by atoms with van der Waals surface area (Å²) < 4.78 is 33.2. The molecule has 194 valence electrons. The number of amides is 1. The number of carbonyl (C=O) groups excluding carboxylic acids is 1. The fourth-order valence-electron chi connectivity index (χ4n) is 4.64. The topological polar surface area (TPSA) is 78.2 Å². The number of ether oxygens (including phenoxy) is 3. The summed E-state index contributed by atoms with van der Waals surface area (Å²) in [5.41, 5.74) is 2.35. The molecule has 0 spiro atoms. The average Bonchev–Trinajstić information content (AvgIpc) is 3.57. The van der Waals surface area contributed by atoms with Crippen LogP contribution in [0, 0.1) is 17.7 Å². The molecule has 1 aliphatic heterocycles. The molecular weight excluding hydrogens is 487 g/mol. The van der Waals surface area contributed by atoms with E-state index in [-0.39, 0.29) is 23.3 Å². The number of carbonyl (C=O) groups is 1. The lowest BCUT2D eigenvalue weighted by atomic mass is 10.1. The minimum absolute atomic E-state index is 0.0131. The standard InChI is InChI=1S/C29H27FN4O4/c1-4-7-25(35)33-15-14-20(18-33)29-32-28(22-16-31-17-26(34(22)29)37-5-2)19-10-12-21(13-11-19)38-24-9-6-8-23(36-3)27(24)30/h6,8-13,16-17,20H,5,14-15,18H2,1-3H3. The first kappa shape index (κ1) is 25.1. The van der Waals surface area contributed by atoms with E-state index in [2.05, 4.69) is 16.8 Å². The van der Waals surface area contributed by atoms with Crippen molar-refractivity contribution in [2.45, 2.75) is 26.2 Å². The third kappa shape index (κ3) is 4.73. The van der Waals surface area contributed by atoms with Crippen molar-refractivity contribution in [3.63, 3.8) is 0 Å². The fraction of sp³-hybridized carbons (Fsp3) is 0.276. The summed E-state index contributed by atoms with van der Waals surface area (Å²) in [6.45, 7) is 5.19. The zero-order chi connectivity index (χ0) is 26.6. The van der Waals surface area contributed by atoms with E-state index in [4.69, 9.17) is 19.2 Å². The van der Waals surface area contributed by atoms with Crippen LogP contribution in [0.1, 0.15) is 32.0 Å². The van der Waals surface area contributed by atoms with E-state index in [9.17, 15) is 9.18 Å². The Morgan fingerprint density at radius 2 is 1.95 bits per heavy atom. The number of fused-ring (bicyclic) bond motifs is 1. The van der Waals surface area contributed by atoms with E-state index in [1.165, 1.54) is 13.2 Å². The second kappa shape index (κ2) is 10.8. The van der Waals surface area contributed by atoms with Crippen LogP contribution in [0.2, 0.25) is 0 Å². The van der Waals surface area contributed by atoms with Gasteiger partial charge in [-0.1, -0.05) is 12.0 Å². The molecule has 1 fully saturated rings. The first-order valence-electron chi connectivity index (χ1n) is 12.4. The molecule has 1 saturated heterocycles. The van der Waals surface area contributed by atoms with Crippen LogP contribution in [0.25, 0.3) is 16.8 Å². The Morgan fingerprint density at radius 1 is 1.16 bits per heavy atom. The van der Waals surface area contributed by atoms with Gasteiger partial charge >= 0.3 is 0 Å². The molecule has 1 atom stereocenters. The Kier molecular flexibility index (Phi) is 7.13. The Labute approximate surface area is 220 Å². The first-order chi connectivity index (χ1) is 18.5. The average molecular weight is 515 g/mol. The summed E-state index contributed by atoms with van der Waals surface area (Å²) in [7, 11) is 1.41. The molecule has 0 saturated carbocycles. The van der Waals surface area contributed by atoms with E-state index in [0.29, 0.717) is 31.3 Å². The van der Waals surface area contributed by atoms with Crippen molar-refractivity contribution in [2.75, 3.05) is 26.8 Å². The molecule has 0 radical (unpaired) electrons. The van der Waals surface area contributed by atoms with Crippen molar-refractivity contribution in [1.82, 2.24) is 19.3 Å². The second-order valence-corrected chi connectivity index (χ2v) is 8.73. The smallest absolute Gasteiger partial charge is 0.298 e. The predicted octanol–water partition coefficient (Wildman–Crippen LogP) is 5.07. The molecule has 0 bridgehead atoms. The highest BCUT2D eigenvalue weighted by Gasteiger charge is 2.31. The Morgan fingerprint density at radius 3 is 2.68 bits per heavy atom. The third-order valence-electron chi connectivity index (χ3n) is 6.41. The number of halogens is 1. The molecule has 38 heavy (non-hydrogen) atoms. The number of rotatable bonds is 7. The van der Waals surface area contributed by atoms with E-state index in [0.717, 1.165) is 29.0 Å². The van der Waals surface area contributed by atoms with Gasteiger partial charge in [0.15, 0.2) is 11.5 Å². The number of hydrogen-bond donors (Lipinski definition) is 0. The molecule has 3 heterocycles. The van der Waals surface area contributed by atoms with Gasteiger partial charge in [-0.05, 0) is 62.6 Å². The number of likely N-dealkylation sites (tertiary alicyclic amines) is 1. The molecule has 5 rings (SSSR count). The number of aromatic nitrogens is 3. The van der Waals surface area contributed by atoms with Crippen LogP contribution < -0.4 is 14.2 Å². The zero-order valence-corrected chi connectivity index (χ0v) is 21.4. The number of methoxy groups -OCH3 is 1. The van der Waals surface area contributed by atoms with Crippen molar-refractivity contribution in [3.05, 3.63) is 66.5 Å². The van der Waals surface area contributed by atoms with E-state index in [1.54, 1.807) is 48.5 Å². The lowest BCUT2D eigenvalue weighted by Crippen LogP contribution is -2.27. The molecule has 0 aliphatic carbocycles. The van der Waals surface area contributed by atoms with Gasteiger partial charge in [0.25, 0.3) is 5.91 Å². The summed E-state index contributed by atoms with van der Waals surface area (Å²) in [5, 5.41) is 0. The van der Waals surface area contributed by atoms with Crippen LogP contribution in [-0.2, 0) is 4.79 Å². The zero-order valence-electron chi connectivity index (χ0n) is 21.4. The molecule has 1 unspecified atom stereocenters. The number of benzene rings is 2. The summed E-state index contributed by atoms with van der Waals surface area (Å²) in [6.07, 6.45) is 4.19. The van der Waals surface area contributed by atoms with Gasteiger partial charge in [0.1, 0.15) is 11.6 Å². The summed E-state index contributed by atoms with van der Waals surface area (Å²) in [6, 6.07) is 12.0. The van der Waals surface area contributed by atoms with Gasteiger partial charge in [-0.25, -0.2) is 4.98 Å². The van der Waals surface area contributed by atoms with Gasteiger partial charge < -0.3 is 19.1 Å². The number of imidazole rings is 1. The monoisotopic (exact) mass is 514 g/mol. The van der Waals surface area contributed by atoms with Gasteiger partial charge in [-0.3, -0.25) is 14.2 Å². The van der Waals surface area contributed by atoms with Crippen molar-refractivity contribution >= 4 is 11.4 Å². The van der Waals surface area contributed by atoms with Gasteiger partial charge in [-0.2, -0.15) is 4.39 Å². The number of hydrogen-bond acceptors (Lipinski definition) is 6. The molecule has 0 N–H and O–H groups in total. The minimum Gasteiger partial charge on any atom is -0.494 e. The minimum atomic E-state index is -0.563. The Bertz CT molecular complexity index is 1540. The molecular formula is C29H27FN4O4. The Hall–Kier alpha value is -4.58. The molecule has 2 aromatic heterocycles. The van der Waals surface area contributed by atoms with E-state index < -0.39 is 5.82 Å².